The number of thiophene rings is 1. The standard InChI is InChI=1S/C37H38NOS/c1-21-30-26-11-9-10-12-29(26)40-35(30)27(20-37(5,6)7)34-31(21)33-32-25(15-16-38(33)8)24-14-13-22(19-36(2,3)4)17-23(24)18-28(32)39-34/h9-18H,19-20H2,1-8H3/q+1. The first-order valence-corrected chi connectivity index (χ1v) is 15.2. The maximum atomic E-state index is 7.11. The maximum absolute atomic E-state index is 7.11. The van der Waals surface area contributed by atoms with E-state index < -0.39 is 0 Å². The van der Waals surface area contributed by atoms with Crippen LogP contribution >= 0.6 is 11.3 Å². The molecule has 0 amide bonds. The van der Waals surface area contributed by atoms with Crippen molar-refractivity contribution in [2.75, 3.05) is 0 Å². The molecule has 0 radical (unpaired) electrons. The van der Waals surface area contributed by atoms with Crippen LogP contribution in [-0.4, -0.2) is 0 Å². The summed E-state index contributed by atoms with van der Waals surface area (Å²) in [5.41, 5.74) is 6.90. The second-order valence-corrected chi connectivity index (χ2v) is 15.2. The quantitative estimate of drug-likeness (QED) is 0.156. The Bertz CT molecular complexity index is 2010. The molecule has 0 atom stereocenters. The van der Waals surface area contributed by atoms with Crippen LogP contribution in [0.5, 0.6) is 11.5 Å². The van der Waals surface area contributed by atoms with Gasteiger partial charge < -0.3 is 4.74 Å². The Kier molecular flexibility index (Phi) is 5.45. The van der Waals surface area contributed by atoms with E-state index >= 15 is 0 Å². The third-order valence-corrected chi connectivity index (χ3v) is 9.50. The molecule has 0 fully saturated rings. The highest BCUT2D eigenvalue weighted by Crippen LogP contribution is 2.55. The van der Waals surface area contributed by atoms with E-state index in [0.717, 1.165) is 24.3 Å². The van der Waals surface area contributed by atoms with Crippen molar-refractivity contribution in [1.82, 2.24) is 0 Å². The van der Waals surface area contributed by atoms with E-state index in [0.29, 0.717) is 0 Å². The molecule has 3 heterocycles. The van der Waals surface area contributed by atoms with Crippen molar-refractivity contribution >= 4 is 53.1 Å². The number of pyridine rings is 1. The van der Waals surface area contributed by atoms with E-state index in [1.54, 1.807) is 0 Å². The smallest absolute Gasteiger partial charge is 0.228 e. The lowest BCUT2D eigenvalue weighted by atomic mass is 9.83. The predicted octanol–water partition coefficient (Wildman–Crippen LogP) is 10.4. The third-order valence-electron chi connectivity index (χ3n) is 8.27. The number of hydrogen-bond donors (Lipinski definition) is 0. The molecule has 0 N–H and O–H groups in total. The summed E-state index contributed by atoms with van der Waals surface area (Å²) in [4.78, 5) is 0. The molecule has 0 spiro atoms. The number of aryl methyl sites for hydroxylation is 2. The number of ether oxygens (including phenoxy) is 1. The second kappa shape index (κ2) is 8.54. The summed E-state index contributed by atoms with van der Waals surface area (Å²) >= 11 is 1.92. The minimum absolute atomic E-state index is 0.120. The Labute approximate surface area is 241 Å². The molecule has 0 saturated carbocycles. The molecular weight excluding hydrogens is 506 g/mol. The van der Waals surface area contributed by atoms with Crippen molar-refractivity contribution in [3.05, 3.63) is 77.5 Å². The van der Waals surface area contributed by atoms with Gasteiger partial charge >= 0.3 is 0 Å². The van der Waals surface area contributed by atoms with E-state index in [4.69, 9.17) is 4.74 Å². The van der Waals surface area contributed by atoms with Crippen LogP contribution in [0.2, 0.25) is 0 Å². The van der Waals surface area contributed by atoms with Gasteiger partial charge in [-0.3, -0.25) is 0 Å². The molecule has 202 valence electrons. The van der Waals surface area contributed by atoms with Gasteiger partial charge in [0.1, 0.15) is 18.5 Å². The Balaban J connectivity index is 1.60. The van der Waals surface area contributed by atoms with Gasteiger partial charge in [-0.2, -0.15) is 0 Å². The molecule has 4 aromatic carbocycles. The summed E-state index contributed by atoms with van der Waals surface area (Å²) in [7, 11) is 2.18. The number of fused-ring (bicyclic) bond motifs is 7. The summed E-state index contributed by atoms with van der Waals surface area (Å²) in [6.07, 6.45) is 4.24. The maximum Gasteiger partial charge on any atom is 0.228 e. The molecule has 2 aromatic heterocycles. The summed E-state index contributed by atoms with van der Waals surface area (Å²) in [5, 5.41) is 7.76. The summed E-state index contributed by atoms with van der Waals surface area (Å²) in [5.74, 6) is 2.02. The highest BCUT2D eigenvalue weighted by Gasteiger charge is 2.35. The third kappa shape index (κ3) is 3.93. The van der Waals surface area contributed by atoms with Crippen molar-refractivity contribution in [3.63, 3.8) is 0 Å². The summed E-state index contributed by atoms with van der Waals surface area (Å²) in [6.45, 7) is 16.2. The SMILES string of the molecule is Cc1c2c(c(CC(C)(C)C)c3sc4ccccc4c13)Oc1cc3cc(CC(C)(C)C)ccc3c3cc[n+](C)c-2c13. The first-order chi connectivity index (χ1) is 18.9. The van der Waals surface area contributed by atoms with Crippen LogP contribution in [0.1, 0.15) is 58.2 Å². The Morgan fingerprint density at radius 3 is 2.30 bits per heavy atom. The Morgan fingerprint density at radius 1 is 0.800 bits per heavy atom. The summed E-state index contributed by atoms with van der Waals surface area (Å²) in [6, 6.07) is 20.4. The van der Waals surface area contributed by atoms with Crippen molar-refractivity contribution in [3.8, 4) is 22.8 Å². The van der Waals surface area contributed by atoms with Gasteiger partial charge in [-0.05, 0) is 64.6 Å². The predicted molar refractivity (Wildman–Crippen MR) is 172 cm³/mol. The normalized spacial score (nSPS) is 13.4. The molecule has 1 aliphatic rings. The minimum Gasteiger partial charge on any atom is -0.455 e. The van der Waals surface area contributed by atoms with Gasteiger partial charge in [0.15, 0.2) is 6.20 Å². The van der Waals surface area contributed by atoms with Crippen molar-refractivity contribution in [2.24, 2.45) is 17.9 Å². The first-order valence-electron chi connectivity index (χ1n) is 14.4. The molecule has 0 aliphatic carbocycles. The molecule has 0 unspecified atom stereocenters. The number of benzene rings is 4. The van der Waals surface area contributed by atoms with E-state index in [2.05, 4.69) is 121 Å². The van der Waals surface area contributed by atoms with Gasteiger partial charge in [0.05, 0.1) is 10.9 Å². The van der Waals surface area contributed by atoms with Gasteiger partial charge in [-0.25, -0.2) is 4.57 Å². The largest absolute Gasteiger partial charge is 0.455 e. The van der Waals surface area contributed by atoms with Gasteiger partial charge in [-0.1, -0.05) is 77.9 Å². The Hall–Kier alpha value is -3.43. The monoisotopic (exact) mass is 544 g/mol. The lowest BCUT2D eigenvalue weighted by molar-refractivity contribution is -0.659. The van der Waals surface area contributed by atoms with E-state index in [1.165, 1.54) is 69.7 Å². The van der Waals surface area contributed by atoms with Crippen molar-refractivity contribution in [1.29, 1.82) is 0 Å². The van der Waals surface area contributed by atoms with Gasteiger partial charge in [-0.15, -0.1) is 11.3 Å². The number of aromatic nitrogens is 1. The molecule has 7 rings (SSSR count). The molecule has 40 heavy (non-hydrogen) atoms. The van der Waals surface area contributed by atoms with Crippen LogP contribution in [0.25, 0.3) is 53.0 Å². The number of hydrogen-bond acceptors (Lipinski definition) is 2. The fourth-order valence-corrected chi connectivity index (χ4v) is 8.09. The molecule has 1 aliphatic heterocycles. The summed E-state index contributed by atoms with van der Waals surface area (Å²) < 4.78 is 12.1. The zero-order valence-electron chi connectivity index (χ0n) is 25.0. The number of rotatable bonds is 2. The topological polar surface area (TPSA) is 13.1 Å². The number of nitrogens with zero attached hydrogens (tertiary/aromatic N) is 1. The zero-order valence-corrected chi connectivity index (χ0v) is 25.8. The van der Waals surface area contributed by atoms with Crippen molar-refractivity contribution < 1.29 is 9.30 Å². The highest BCUT2D eigenvalue weighted by atomic mass is 32.1. The second-order valence-electron chi connectivity index (χ2n) is 14.2. The van der Waals surface area contributed by atoms with Crippen LogP contribution < -0.4 is 9.30 Å². The minimum atomic E-state index is 0.120. The average Bonchev–Trinajstić information content (AvgIpc) is 3.26. The fourth-order valence-electron chi connectivity index (χ4n) is 6.79. The van der Waals surface area contributed by atoms with Crippen molar-refractivity contribution in [2.45, 2.75) is 61.3 Å². The van der Waals surface area contributed by atoms with E-state index in [9.17, 15) is 0 Å². The van der Waals surface area contributed by atoms with Crippen LogP contribution in [0.15, 0.2) is 60.8 Å². The van der Waals surface area contributed by atoms with E-state index in [-0.39, 0.29) is 10.8 Å². The molecule has 0 bridgehead atoms. The molecule has 3 heteroatoms. The average molecular weight is 545 g/mol. The first kappa shape index (κ1) is 25.5. The molecular formula is C37H38NOS+. The van der Waals surface area contributed by atoms with Crippen LogP contribution in [0.4, 0.5) is 0 Å². The van der Waals surface area contributed by atoms with Gasteiger partial charge in [0, 0.05) is 37.2 Å². The molecule has 0 saturated heterocycles. The highest BCUT2D eigenvalue weighted by molar-refractivity contribution is 7.26. The zero-order chi connectivity index (χ0) is 28.1. The van der Waals surface area contributed by atoms with Gasteiger partial charge in [0.2, 0.25) is 5.69 Å². The molecule has 6 aromatic rings. The lowest BCUT2D eigenvalue weighted by Crippen LogP contribution is -2.32. The van der Waals surface area contributed by atoms with Gasteiger partial charge in [0.25, 0.3) is 0 Å². The van der Waals surface area contributed by atoms with Crippen LogP contribution in [-0.2, 0) is 19.9 Å². The van der Waals surface area contributed by atoms with E-state index in [1.807, 2.05) is 11.3 Å². The Morgan fingerprint density at radius 2 is 1.55 bits per heavy atom. The fraction of sp³-hybridized carbons (Fsp3) is 0.324. The lowest BCUT2D eigenvalue weighted by Gasteiger charge is -2.27. The van der Waals surface area contributed by atoms with Crippen LogP contribution in [0, 0.1) is 17.8 Å². The molecule has 2 nitrogen and oxygen atoms in total. The van der Waals surface area contributed by atoms with Crippen LogP contribution in [0.3, 0.4) is 0 Å².